The summed E-state index contributed by atoms with van der Waals surface area (Å²) in [7, 11) is 1.54. The van der Waals surface area contributed by atoms with Crippen molar-refractivity contribution in [1.29, 1.82) is 0 Å². The molecule has 3 aromatic rings. The lowest BCUT2D eigenvalue weighted by atomic mass is 9.97. The molecule has 9 heteroatoms. The zero-order valence-electron chi connectivity index (χ0n) is 14.0. The van der Waals surface area contributed by atoms with Crippen LogP contribution in [0.5, 0.6) is 5.88 Å². The van der Waals surface area contributed by atoms with Crippen molar-refractivity contribution in [2.75, 3.05) is 12.8 Å². The maximum atomic E-state index is 10.6. The minimum absolute atomic E-state index is 0.0406. The number of rotatable bonds is 3. The Balaban J connectivity index is 1.70. The lowest BCUT2D eigenvalue weighted by molar-refractivity contribution is 0.0178. The number of ether oxygens (including phenoxy) is 1. The van der Waals surface area contributed by atoms with Gasteiger partial charge in [-0.25, -0.2) is 9.97 Å². The number of nitrogens with two attached hydrogens (primary N) is 1. The second-order valence-electron chi connectivity index (χ2n) is 6.36. The van der Waals surface area contributed by atoms with Crippen molar-refractivity contribution in [2.24, 2.45) is 0 Å². The Morgan fingerprint density at radius 2 is 2.04 bits per heavy atom. The SMILES string of the molecule is COc1ccc([C@H]2C[C@@H](n3ccc4c(N)nc(Cl)nc43)[C@H](O)[C@@H]2O)cn1. The van der Waals surface area contributed by atoms with Crippen LogP contribution >= 0.6 is 11.6 Å². The number of aromatic nitrogens is 4. The number of nitrogen functional groups attached to an aromatic ring is 1. The fraction of sp³-hybridized carbons (Fsp3) is 0.353. The van der Waals surface area contributed by atoms with E-state index in [9.17, 15) is 10.2 Å². The van der Waals surface area contributed by atoms with Gasteiger partial charge in [0, 0.05) is 24.4 Å². The van der Waals surface area contributed by atoms with Crippen LogP contribution in [0, 0.1) is 0 Å². The highest BCUT2D eigenvalue weighted by atomic mass is 35.5. The zero-order valence-corrected chi connectivity index (χ0v) is 14.7. The molecular weight excluding hydrogens is 358 g/mol. The first kappa shape index (κ1) is 17.0. The average Bonchev–Trinajstić information content (AvgIpc) is 3.17. The largest absolute Gasteiger partial charge is 0.481 e. The number of methoxy groups -OCH3 is 1. The van der Waals surface area contributed by atoms with E-state index in [2.05, 4.69) is 15.0 Å². The van der Waals surface area contributed by atoms with E-state index < -0.39 is 12.2 Å². The normalized spacial score (nSPS) is 25.7. The van der Waals surface area contributed by atoms with Crippen LogP contribution in [0.2, 0.25) is 5.28 Å². The molecule has 1 aliphatic carbocycles. The lowest BCUT2D eigenvalue weighted by Gasteiger charge is -2.19. The highest BCUT2D eigenvalue weighted by molar-refractivity contribution is 6.28. The number of halogens is 1. The third-order valence-corrected chi connectivity index (χ3v) is 5.15. The minimum atomic E-state index is -0.965. The van der Waals surface area contributed by atoms with Crippen molar-refractivity contribution in [2.45, 2.75) is 30.6 Å². The second-order valence-corrected chi connectivity index (χ2v) is 6.70. The van der Waals surface area contributed by atoms with E-state index in [0.29, 0.717) is 23.3 Å². The molecule has 4 rings (SSSR count). The first-order chi connectivity index (χ1) is 12.5. The number of aliphatic hydroxyl groups is 2. The number of anilines is 1. The molecule has 0 spiro atoms. The Labute approximate surface area is 154 Å². The van der Waals surface area contributed by atoms with E-state index in [-0.39, 0.29) is 23.1 Å². The molecule has 0 aliphatic heterocycles. The molecule has 0 amide bonds. The van der Waals surface area contributed by atoms with Gasteiger partial charge in [-0.1, -0.05) is 6.07 Å². The second kappa shape index (κ2) is 6.39. The van der Waals surface area contributed by atoms with Gasteiger partial charge in [-0.15, -0.1) is 0 Å². The van der Waals surface area contributed by atoms with Crippen molar-refractivity contribution in [3.8, 4) is 5.88 Å². The van der Waals surface area contributed by atoms with E-state index in [0.717, 1.165) is 5.56 Å². The van der Waals surface area contributed by atoms with Gasteiger partial charge in [-0.2, -0.15) is 4.98 Å². The van der Waals surface area contributed by atoms with Crippen LogP contribution in [0.1, 0.15) is 23.9 Å². The van der Waals surface area contributed by atoms with Gasteiger partial charge in [-0.05, 0) is 29.7 Å². The predicted molar refractivity (Wildman–Crippen MR) is 96.1 cm³/mol. The molecule has 1 aliphatic rings. The van der Waals surface area contributed by atoms with E-state index in [1.807, 2.05) is 6.07 Å². The summed E-state index contributed by atoms with van der Waals surface area (Å²) in [4.78, 5) is 12.4. The molecular formula is C17H18ClN5O3. The Hall–Kier alpha value is -2.42. The van der Waals surface area contributed by atoms with Gasteiger partial charge in [0.2, 0.25) is 11.2 Å². The summed E-state index contributed by atoms with van der Waals surface area (Å²) in [5.41, 5.74) is 7.27. The standard InChI is InChI=1S/C17H18ClN5O3/c1-26-12-3-2-8(7-20-12)10-6-11(14(25)13(10)24)23-5-4-9-15(19)21-17(18)22-16(9)23/h2-5,7,10-11,13-14,24-25H,6H2,1H3,(H2,19,21,22)/t10-,11-,13-,14+/m1/s1. The molecule has 4 N–H and O–H groups in total. The van der Waals surface area contributed by atoms with Crippen LogP contribution in [0.15, 0.2) is 30.6 Å². The van der Waals surface area contributed by atoms with Gasteiger partial charge < -0.3 is 25.3 Å². The predicted octanol–water partition coefficient (Wildman–Crippen LogP) is 1.52. The minimum Gasteiger partial charge on any atom is -0.481 e. The fourth-order valence-electron chi connectivity index (χ4n) is 3.64. The third kappa shape index (κ3) is 2.66. The smallest absolute Gasteiger partial charge is 0.226 e. The summed E-state index contributed by atoms with van der Waals surface area (Å²) in [6.07, 6.45) is 2.06. The molecule has 0 saturated heterocycles. The lowest BCUT2D eigenvalue weighted by Crippen LogP contribution is -2.28. The monoisotopic (exact) mass is 375 g/mol. The van der Waals surface area contributed by atoms with E-state index in [4.69, 9.17) is 22.1 Å². The molecule has 0 radical (unpaired) electrons. The van der Waals surface area contributed by atoms with Crippen molar-refractivity contribution in [3.63, 3.8) is 0 Å². The average molecular weight is 376 g/mol. The summed E-state index contributed by atoms with van der Waals surface area (Å²) in [6.45, 7) is 0. The highest BCUT2D eigenvalue weighted by Crippen LogP contribution is 2.43. The first-order valence-corrected chi connectivity index (χ1v) is 8.53. The number of pyridine rings is 1. The summed E-state index contributed by atoms with van der Waals surface area (Å²) < 4.78 is 6.86. The van der Waals surface area contributed by atoms with Crippen LogP contribution in [0.25, 0.3) is 11.0 Å². The molecule has 3 aromatic heterocycles. The van der Waals surface area contributed by atoms with Crippen LogP contribution in [-0.4, -0.2) is 49.0 Å². The van der Waals surface area contributed by atoms with Gasteiger partial charge in [-0.3, -0.25) is 0 Å². The number of fused-ring (bicyclic) bond motifs is 1. The quantitative estimate of drug-likeness (QED) is 0.593. The Kier molecular flexibility index (Phi) is 4.18. The Morgan fingerprint density at radius 3 is 2.73 bits per heavy atom. The maximum Gasteiger partial charge on any atom is 0.226 e. The van der Waals surface area contributed by atoms with Gasteiger partial charge in [0.15, 0.2) is 0 Å². The molecule has 136 valence electrons. The topological polar surface area (TPSA) is 119 Å². The van der Waals surface area contributed by atoms with E-state index >= 15 is 0 Å². The van der Waals surface area contributed by atoms with E-state index in [1.54, 1.807) is 36.2 Å². The first-order valence-electron chi connectivity index (χ1n) is 8.15. The number of hydrogen-bond donors (Lipinski definition) is 3. The molecule has 0 unspecified atom stereocenters. The molecule has 1 fully saturated rings. The molecule has 4 atom stereocenters. The van der Waals surface area contributed by atoms with Crippen molar-refractivity contribution >= 4 is 28.5 Å². The molecule has 1 saturated carbocycles. The van der Waals surface area contributed by atoms with E-state index in [1.165, 1.54) is 0 Å². The highest BCUT2D eigenvalue weighted by Gasteiger charge is 2.43. The van der Waals surface area contributed by atoms with Crippen LogP contribution < -0.4 is 10.5 Å². The van der Waals surface area contributed by atoms with Gasteiger partial charge in [0.25, 0.3) is 0 Å². The number of hydrogen-bond acceptors (Lipinski definition) is 7. The third-order valence-electron chi connectivity index (χ3n) is 4.98. The summed E-state index contributed by atoms with van der Waals surface area (Å²) in [5.74, 6) is 0.514. The van der Waals surface area contributed by atoms with Crippen molar-refractivity contribution < 1.29 is 14.9 Å². The summed E-state index contributed by atoms with van der Waals surface area (Å²) >= 11 is 5.93. The molecule has 0 bridgehead atoms. The van der Waals surface area contributed by atoms with Gasteiger partial charge >= 0.3 is 0 Å². The number of nitrogens with zero attached hydrogens (tertiary/aromatic N) is 4. The Bertz CT molecular complexity index is 945. The zero-order chi connectivity index (χ0) is 18.4. The molecule has 26 heavy (non-hydrogen) atoms. The summed E-state index contributed by atoms with van der Waals surface area (Å²) in [6, 6.07) is 4.99. The molecule has 0 aromatic carbocycles. The summed E-state index contributed by atoms with van der Waals surface area (Å²) in [5, 5.41) is 21.9. The number of aliphatic hydroxyl groups excluding tert-OH is 2. The van der Waals surface area contributed by atoms with Crippen molar-refractivity contribution in [3.05, 3.63) is 41.4 Å². The van der Waals surface area contributed by atoms with Gasteiger partial charge in [0.05, 0.1) is 24.6 Å². The van der Waals surface area contributed by atoms with Crippen molar-refractivity contribution in [1.82, 2.24) is 19.5 Å². The van der Waals surface area contributed by atoms with Gasteiger partial charge in [0.1, 0.15) is 17.6 Å². The Morgan fingerprint density at radius 1 is 1.23 bits per heavy atom. The van der Waals surface area contributed by atoms with Crippen LogP contribution in [0.3, 0.4) is 0 Å². The molecule has 3 heterocycles. The molecule has 8 nitrogen and oxygen atoms in total. The maximum absolute atomic E-state index is 10.6. The van der Waals surface area contributed by atoms with Crippen LogP contribution in [0.4, 0.5) is 5.82 Å². The van der Waals surface area contributed by atoms with Crippen LogP contribution in [-0.2, 0) is 0 Å². The fourth-order valence-corrected chi connectivity index (χ4v) is 3.82.